The van der Waals surface area contributed by atoms with E-state index in [1.54, 1.807) is 42.5 Å². The van der Waals surface area contributed by atoms with Crippen LogP contribution >= 0.6 is 11.6 Å². The van der Waals surface area contributed by atoms with Crippen LogP contribution in [0.1, 0.15) is 41.9 Å². The third kappa shape index (κ3) is 5.01. The molecule has 0 atom stereocenters. The Hall–Kier alpha value is -3.98. The fraction of sp³-hybridized carbons (Fsp3) is 0.269. The molecular formula is C26H26ClN5O4. The summed E-state index contributed by atoms with van der Waals surface area (Å²) in [5, 5.41) is 12.2. The van der Waals surface area contributed by atoms with E-state index in [1.807, 2.05) is 13.8 Å². The van der Waals surface area contributed by atoms with Crippen molar-refractivity contribution in [3.63, 3.8) is 0 Å². The van der Waals surface area contributed by atoms with Gasteiger partial charge in [-0.1, -0.05) is 25.4 Å². The first-order chi connectivity index (χ1) is 17.1. The lowest BCUT2D eigenvalue weighted by atomic mass is 9.75. The molecule has 4 rings (SSSR count). The van der Waals surface area contributed by atoms with Crippen LogP contribution in [-0.4, -0.2) is 30.4 Å². The van der Waals surface area contributed by atoms with Crippen LogP contribution in [-0.2, 0) is 6.42 Å². The van der Waals surface area contributed by atoms with Crippen LogP contribution in [0.5, 0.6) is 11.5 Å². The number of benzene rings is 2. The van der Waals surface area contributed by atoms with Crippen LogP contribution in [0.25, 0.3) is 5.69 Å². The second-order valence-electron chi connectivity index (χ2n) is 9.19. The number of aromatic nitrogens is 1. The van der Waals surface area contributed by atoms with Crippen LogP contribution in [0.2, 0.25) is 5.02 Å². The summed E-state index contributed by atoms with van der Waals surface area (Å²) in [5.74, 6) is 0.699. The van der Waals surface area contributed by atoms with Crippen molar-refractivity contribution in [2.75, 3.05) is 14.2 Å². The van der Waals surface area contributed by atoms with Crippen LogP contribution in [0, 0.1) is 5.41 Å². The van der Waals surface area contributed by atoms with Crippen LogP contribution < -0.4 is 20.8 Å². The van der Waals surface area contributed by atoms with E-state index in [9.17, 15) is 9.59 Å². The van der Waals surface area contributed by atoms with Gasteiger partial charge in [0.1, 0.15) is 11.5 Å². The van der Waals surface area contributed by atoms with Crippen molar-refractivity contribution in [1.82, 2.24) is 4.57 Å². The van der Waals surface area contributed by atoms with E-state index in [-0.39, 0.29) is 22.6 Å². The van der Waals surface area contributed by atoms with E-state index >= 15 is 0 Å². The van der Waals surface area contributed by atoms with Gasteiger partial charge >= 0.3 is 0 Å². The summed E-state index contributed by atoms with van der Waals surface area (Å²) in [5.41, 5.74) is 7.34. The summed E-state index contributed by atoms with van der Waals surface area (Å²) in [4.78, 5) is 27.0. The monoisotopic (exact) mass is 507 g/mol. The molecule has 0 spiro atoms. The Labute approximate surface area is 213 Å². The SMILES string of the molecule is COc1ccc(OC)c(-n2c3c(cc(C(N)=NN=Nc4ccc(Cl)cc4)c2=O)C(=O)CC(C)(C)C3)c1. The number of hydrogen-bond donors (Lipinski definition) is 1. The third-order valence-corrected chi connectivity index (χ3v) is 6.18. The third-order valence-electron chi connectivity index (χ3n) is 5.93. The molecule has 0 amide bonds. The maximum absolute atomic E-state index is 13.8. The van der Waals surface area contributed by atoms with E-state index in [4.69, 9.17) is 26.8 Å². The lowest BCUT2D eigenvalue weighted by molar-refractivity contribution is 0.0908. The molecule has 1 aromatic heterocycles. The Kier molecular flexibility index (Phi) is 6.94. The highest BCUT2D eigenvalue weighted by molar-refractivity contribution is 6.30. The number of nitrogens with zero attached hydrogens (tertiary/aromatic N) is 4. The van der Waals surface area contributed by atoms with Crippen molar-refractivity contribution in [3.05, 3.63) is 80.7 Å². The number of fused-ring (bicyclic) bond motifs is 1. The Morgan fingerprint density at radius 2 is 1.75 bits per heavy atom. The fourth-order valence-electron chi connectivity index (χ4n) is 4.21. The number of methoxy groups -OCH3 is 2. The minimum atomic E-state index is -0.464. The minimum Gasteiger partial charge on any atom is -0.497 e. The fourth-order valence-corrected chi connectivity index (χ4v) is 4.33. The van der Waals surface area contributed by atoms with Crippen molar-refractivity contribution in [1.29, 1.82) is 0 Å². The molecule has 0 saturated carbocycles. The van der Waals surface area contributed by atoms with E-state index in [2.05, 4.69) is 15.4 Å². The van der Waals surface area contributed by atoms with Crippen LogP contribution in [0.4, 0.5) is 5.69 Å². The van der Waals surface area contributed by atoms with Crippen molar-refractivity contribution in [2.45, 2.75) is 26.7 Å². The maximum atomic E-state index is 13.8. The molecule has 3 aromatic rings. The lowest BCUT2D eigenvalue weighted by Crippen LogP contribution is -2.38. The molecular weight excluding hydrogens is 482 g/mol. The van der Waals surface area contributed by atoms with E-state index in [0.29, 0.717) is 52.0 Å². The number of ether oxygens (including phenoxy) is 2. The van der Waals surface area contributed by atoms with Gasteiger partial charge in [0.15, 0.2) is 11.6 Å². The molecule has 1 heterocycles. The molecule has 1 aliphatic rings. The van der Waals surface area contributed by atoms with Gasteiger partial charge < -0.3 is 15.2 Å². The minimum absolute atomic E-state index is 0.0294. The molecule has 2 aromatic carbocycles. The van der Waals surface area contributed by atoms with Crippen LogP contribution in [0.15, 0.2) is 68.8 Å². The van der Waals surface area contributed by atoms with Gasteiger partial charge in [-0.25, -0.2) is 0 Å². The number of Topliss-reactive ketones (excluding diaryl/α,β-unsaturated/α-hetero) is 1. The molecule has 1 aliphatic carbocycles. The Bertz CT molecular complexity index is 1440. The average molecular weight is 508 g/mol. The number of carbonyl (C=O) groups is 1. The maximum Gasteiger partial charge on any atom is 0.266 e. The van der Waals surface area contributed by atoms with Crippen molar-refractivity contribution >= 4 is 28.9 Å². The van der Waals surface area contributed by atoms with Gasteiger partial charge in [0.25, 0.3) is 5.56 Å². The van der Waals surface area contributed by atoms with Crippen molar-refractivity contribution < 1.29 is 14.3 Å². The average Bonchev–Trinajstić information content (AvgIpc) is 2.84. The summed E-state index contributed by atoms with van der Waals surface area (Å²) in [6.45, 7) is 3.98. The number of hydrogen-bond acceptors (Lipinski definition) is 6. The standard InChI is InChI=1S/C26H26ClN5O4/c1-26(2)13-21-18(22(33)14-26)12-19(24(28)30-31-29-16-7-5-15(27)6-8-16)25(34)32(21)20-11-17(35-3)9-10-23(20)36-4/h5-12H,13-14H2,1-4H3,(H2,28,29,30). The normalized spacial score (nSPS) is 15.1. The number of rotatable bonds is 6. The second-order valence-corrected chi connectivity index (χ2v) is 9.63. The van der Waals surface area contributed by atoms with E-state index in [1.165, 1.54) is 24.9 Å². The molecule has 0 unspecified atom stereocenters. The molecule has 186 valence electrons. The molecule has 0 radical (unpaired) electrons. The summed E-state index contributed by atoms with van der Waals surface area (Å²) >= 11 is 5.89. The number of halogens is 1. The first-order valence-electron chi connectivity index (χ1n) is 11.2. The smallest absolute Gasteiger partial charge is 0.266 e. The highest BCUT2D eigenvalue weighted by atomic mass is 35.5. The van der Waals surface area contributed by atoms with Gasteiger partial charge in [-0.15, -0.1) is 10.2 Å². The molecule has 0 bridgehead atoms. The first kappa shape index (κ1) is 25.1. The molecule has 36 heavy (non-hydrogen) atoms. The number of amidine groups is 1. The Morgan fingerprint density at radius 1 is 1.03 bits per heavy atom. The zero-order valence-corrected chi connectivity index (χ0v) is 21.2. The van der Waals surface area contributed by atoms with Gasteiger partial charge in [-0.3, -0.25) is 14.2 Å². The number of carbonyl (C=O) groups excluding carboxylic acids is 1. The van der Waals surface area contributed by atoms with E-state index in [0.717, 1.165) is 0 Å². The van der Waals surface area contributed by atoms with Gasteiger partial charge in [-0.2, -0.15) is 0 Å². The van der Waals surface area contributed by atoms with Gasteiger partial charge in [-0.05, 0) is 59.5 Å². The summed E-state index contributed by atoms with van der Waals surface area (Å²) in [6.07, 6.45) is 0.831. The lowest BCUT2D eigenvalue weighted by Gasteiger charge is -2.32. The Morgan fingerprint density at radius 3 is 2.42 bits per heavy atom. The summed E-state index contributed by atoms with van der Waals surface area (Å²) in [7, 11) is 3.04. The molecule has 0 fully saturated rings. The quantitative estimate of drug-likeness (QED) is 0.216. The summed E-state index contributed by atoms with van der Waals surface area (Å²) in [6, 6.07) is 13.3. The molecule has 0 saturated heterocycles. The predicted octanol–water partition coefficient (Wildman–Crippen LogP) is 5.07. The van der Waals surface area contributed by atoms with E-state index < -0.39 is 5.56 Å². The highest BCUT2D eigenvalue weighted by Gasteiger charge is 2.35. The Balaban J connectivity index is 1.91. The zero-order valence-electron chi connectivity index (χ0n) is 20.4. The van der Waals surface area contributed by atoms with Gasteiger partial charge in [0.2, 0.25) is 0 Å². The predicted molar refractivity (Wildman–Crippen MR) is 138 cm³/mol. The number of pyridine rings is 1. The zero-order chi connectivity index (χ0) is 26.0. The number of ketones is 1. The largest absolute Gasteiger partial charge is 0.497 e. The van der Waals surface area contributed by atoms with Crippen LogP contribution in [0.3, 0.4) is 0 Å². The van der Waals surface area contributed by atoms with Gasteiger partial charge in [0.05, 0.1) is 31.2 Å². The molecule has 0 aliphatic heterocycles. The highest BCUT2D eigenvalue weighted by Crippen LogP contribution is 2.37. The van der Waals surface area contributed by atoms with Crippen molar-refractivity contribution in [3.8, 4) is 17.2 Å². The second kappa shape index (κ2) is 9.94. The van der Waals surface area contributed by atoms with Gasteiger partial charge in [0, 0.05) is 28.8 Å². The first-order valence-corrected chi connectivity index (χ1v) is 11.6. The topological polar surface area (TPSA) is 121 Å². The molecule has 2 N–H and O–H groups in total. The molecule has 10 heteroatoms. The summed E-state index contributed by atoms with van der Waals surface area (Å²) < 4.78 is 12.4. The van der Waals surface area contributed by atoms with Crippen molar-refractivity contribution in [2.24, 2.45) is 26.6 Å². The molecule has 9 nitrogen and oxygen atoms in total. The number of nitrogens with two attached hydrogens (primary N) is 1.